The highest BCUT2D eigenvalue weighted by atomic mass is 79.9. The first-order valence-corrected chi connectivity index (χ1v) is 6.96. The standard InChI is InChI=1S/C13H12BrClN2/c1-7-10(14)6-5-9-11(7)16-13(17-12(9)15)8-3-2-4-8/h5-6,8H,2-4H2,1H3. The first-order valence-electron chi connectivity index (χ1n) is 5.79. The number of benzene rings is 1. The van der Waals surface area contributed by atoms with Crippen LogP contribution in [0.15, 0.2) is 16.6 Å². The van der Waals surface area contributed by atoms with Crippen LogP contribution in [-0.2, 0) is 0 Å². The van der Waals surface area contributed by atoms with Gasteiger partial charge in [-0.2, -0.15) is 0 Å². The molecule has 2 nitrogen and oxygen atoms in total. The number of hydrogen-bond acceptors (Lipinski definition) is 2. The van der Waals surface area contributed by atoms with Gasteiger partial charge in [0.1, 0.15) is 11.0 Å². The maximum Gasteiger partial charge on any atom is 0.140 e. The molecule has 0 spiro atoms. The number of halogens is 2. The highest BCUT2D eigenvalue weighted by Crippen LogP contribution is 2.37. The van der Waals surface area contributed by atoms with E-state index in [1.807, 2.05) is 12.1 Å². The second-order valence-electron chi connectivity index (χ2n) is 4.57. The van der Waals surface area contributed by atoms with E-state index in [9.17, 15) is 0 Å². The number of nitrogens with zero attached hydrogens (tertiary/aromatic N) is 2. The molecule has 0 atom stereocenters. The number of aryl methyl sites for hydroxylation is 1. The zero-order valence-electron chi connectivity index (χ0n) is 9.50. The number of fused-ring (bicyclic) bond motifs is 1. The first-order chi connectivity index (χ1) is 8.16. The summed E-state index contributed by atoms with van der Waals surface area (Å²) in [5.74, 6) is 1.42. The quantitative estimate of drug-likeness (QED) is 0.718. The van der Waals surface area contributed by atoms with Crippen molar-refractivity contribution >= 4 is 38.4 Å². The molecule has 17 heavy (non-hydrogen) atoms. The molecule has 0 bridgehead atoms. The molecule has 0 radical (unpaired) electrons. The average molecular weight is 312 g/mol. The van der Waals surface area contributed by atoms with Crippen molar-refractivity contribution in [2.24, 2.45) is 0 Å². The van der Waals surface area contributed by atoms with Crippen LogP contribution in [-0.4, -0.2) is 9.97 Å². The summed E-state index contributed by atoms with van der Waals surface area (Å²) in [6.45, 7) is 2.06. The van der Waals surface area contributed by atoms with Crippen LogP contribution in [0.2, 0.25) is 5.15 Å². The normalized spacial score (nSPS) is 16.2. The fourth-order valence-electron chi connectivity index (χ4n) is 2.14. The topological polar surface area (TPSA) is 25.8 Å². The Labute approximate surface area is 114 Å². The zero-order valence-corrected chi connectivity index (χ0v) is 11.8. The lowest BCUT2D eigenvalue weighted by Gasteiger charge is -2.24. The Bertz CT molecular complexity index is 593. The number of aromatic nitrogens is 2. The van der Waals surface area contributed by atoms with E-state index in [2.05, 4.69) is 27.8 Å². The molecule has 0 saturated heterocycles. The maximum absolute atomic E-state index is 6.25. The van der Waals surface area contributed by atoms with E-state index in [0.29, 0.717) is 11.1 Å². The van der Waals surface area contributed by atoms with Gasteiger partial charge in [0, 0.05) is 15.8 Å². The molecule has 88 valence electrons. The number of hydrogen-bond donors (Lipinski definition) is 0. The zero-order chi connectivity index (χ0) is 12.0. The Balaban J connectivity index is 2.25. The van der Waals surface area contributed by atoms with Crippen molar-refractivity contribution in [1.82, 2.24) is 9.97 Å². The summed E-state index contributed by atoms with van der Waals surface area (Å²) in [7, 11) is 0. The van der Waals surface area contributed by atoms with Gasteiger partial charge in [0.15, 0.2) is 0 Å². The van der Waals surface area contributed by atoms with E-state index in [0.717, 1.165) is 26.8 Å². The van der Waals surface area contributed by atoms with Crippen LogP contribution in [0.4, 0.5) is 0 Å². The molecule has 1 aromatic heterocycles. The minimum atomic E-state index is 0.510. The van der Waals surface area contributed by atoms with Gasteiger partial charge in [-0.1, -0.05) is 34.0 Å². The van der Waals surface area contributed by atoms with E-state index in [1.54, 1.807) is 0 Å². The van der Waals surface area contributed by atoms with Gasteiger partial charge in [0.2, 0.25) is 0 Å². The maximum atomic E-state index is 6.25. The third kappa shape index (κ3) is 1.85. The molecule has 1 aliphatic carbocycles. The number of rotatable bonds is 1. The van der Waals surface area contributed by atoms with Crippen LogP contribution in [0, 0.1) is 6.92 Å². The molecular formula is C13H12BrClN2. The van der Waals surface area contributed by atoms with E-state index in [4.69, 9.17) is 16.6 Å². The summed E-state index contributed by atoms with van der Waals surface area (Å²) in [5.41, 5.74) is 2.11. The van der Waals surface area contributed by atoms with Crippen molar-refractivity contribution in [2.75, 3.05) is 0 Å². The fourth-order valence-corrected chi connectivity index (χ4v) is 2.69. The van der Waals surface area contributed by atoms with Gasteiger partial charge in [0.25, 0.3) is 0 Å². The van der Waals surface area contributed by atoms with Crippen molar-refractivity contribution in [3.8, 4) is 0 Å². The Hall–Kier alpha value is -0.670. The third-order valence-electron chi connectivity index (χ3n) is 3.50. The van der Waals surface area contributed by atoms with E-state index >= 15 is 0 Å². The van der Waals surface area contributed by atoms with Crippen molar-refractivity contribution < 1.29 is 0 Å². The van der Waals surface area contributed by atoms with Crippen LogP contribution in [0.5, 0.6) is 0 Å². The van der Waals surface area contributed by atoms with Crippen molar-refractivity contribution in [3.63, 3.8) is 0 Å². The molecule has 3 rings (SSSR count). The largest absolute Gasteiger partial charge is 0.232 e. The van der Waals surface area contributed by atoms with Gasteiger partial charge in [-0.3, -0.25) is 0 Å². The summed E-state index contributed by atoms with van der Waals surface area (Å²) in [5, 5.41) is 1.52. The van der Waals surface area contributed by atoms with E-state index < -0.39 is 0 Å². The lowest BCUT2D eigenvalue weighted by molar-refractivity contribution is 0.402. The van der Waals surface area contributed by atoms with Crippen molar-refractivity contribution in [2.45, 2.75) is 32.1 Å². The SMILES string of the molecule is Cc1c(Br)ccc2c(Cl)nc(C3CCC3)nc12. The lowest BCUT2D eigenvalue weighted by atomic mass is 9.85. The highest BCUT2D eigenvalue weighted by Gasteiger charge is 2.23. The molecule has 1 saturated carbocycles. The Morgan fingerprint density at radius 2 is 2.06 bits per heavy atom. The predicted octanol–water partition coefficient (Wildman–Crippen LogP) is 4.62. The average Bonchev–Trinajstić information content (AvgIpc) is 2.22. The molecule has 1 heterocycles. The lowest BCUT2D eigenvalue weighted by Crippen LogP contribution is -2.13. The minimum Gasteiger partial charge on any atom is -0.232 e. The van der Waals surface area contributed by atoms with Gasteiger partial charge in [0.05, 0.1) is 5.52 Å². The molecule has 2 aromatic rings. The molecule has 0 amide bonds. The molecule has 1 fully saturated rings. The van der Waals surface area contributed by atoms with E-state index in [-0.39, 0.29) is 0 Å². The molecular weight excluding hydrogens is 300 g/mol. The smallest absolute Gasteiger partial charge is 0.140 e. The summed E-state index contributed by atoms with van der Waals surface area (Å²) in [4.78, 5) is 9.13. The molecule has 4 heteroatoms. The second-order valence-corrected chi connectivity index (χ2v) is 5.78. The van der Waals surface area contributed by atoms with Gasteiger partial charge in [-0.05, 0) is 37.5 Å². The van der Waals surface area contributed by atoms with Crippen LogP contribution >= 0.6 is 27.5 Å². The fraction of sp³-hybridized carbons (Fsp3) is 0.385. The van der Waals surface area contributed by atoms with Gasteiger partial charge < -0.3 is 0 Å². The summed E-state index contributed by atoms with van der Waals surface area (Å²) < 4.78 is 1.07. The second kappa shape index (κ2) is 4.21. The van der Waals surface area contributed by atoms with Crippen LogP contribution < -0.4 is 0 Å². The molecule has 0 aliphatic heterocycles. The van der Waals surface area contributed by atoms with Crippen LogP contribution in [0.25, 0.3) is 10.9 Å². The molecule has 1 aromatic carbocycles. The predicted molar refractivity (Wildman–Crippen MR) is 73.6 cm³/mol. The summed E-state index contributed by atoms with van der Waals surface area (Å²) in [6.07, 6.45) is 3.66. The first kappa shape index (κ1) is 11.4. The van der Waals surface area contributed by atoms with Crippen LogP contribution in [0.1, 0.15) is 36.6 Å². The van der Waals surface area contributed by atoms with Gasteiger partial charge in [-0.25, -0.2) is 9.97 Å². The third-order valence-corrected chi connectivity index (χ3v) is 4.64. The molecule has 0 N–H and O–H groups in total. The van der Waals surface area contributed by atoms with Gasteiger partial charge >= 0.3 is 0 Å². The molecule has 0 unspecified atom stereocenters. The van der Waals surface area contributed by atoms with Crippen molar-refractivity contribution in [3.05, 3.63) is 33.1 Å². The summed E-state index contributed by atoms with van der Waals surface area (Å²) >= 11 is 9.78. The van der Waals surface area contributed by atoms with E-state index in [1.165, 1.54) is 19.3 Å². The minimum absolute atomic E-state index is 0.510. The Kier molecular flexibility index (Phi) is 2.83. The molecule has 1 aliphatic rings. The van der Waals surface area contributed by atoms with Crippen molar-refractivity contribution in [1.29, 1.82) is 0 Å². The van der Waals surface area contributed by atoms with Crippen LogP contribution in [0.3, 0.4) is 0 Å². The highest BCUT2D eigenvalue weighted by molar-refractivity contribution is 9.10. The monoisotopic (exact) mass is 310 g/mol. The Morgan fingerprint density at radius 3 is 2.71 bits per heavy atom. The summed E-state index contributed by atoms with van der Waals surface area (Å²) in [6, 6.07) is 3.97. The Morgan fingerprint density at radius 1 is 1.29 bits per heavy atom. The van der Waals surface area contributed by atoms with Gasteiger partial charge in [-0.15, -0.1) is 0 Å².